The molecule has 1 aromatic heterocycles. The molecule has 7 heteroatoms. The predicted octanol–water partition coefficient (Wildman–Crippen LogP) is 2.35. The molecule has 3 rings (SSSR count). The summed E-state index contributed by atoms with van der Waals surface area (Å²) < 4.78 is 5.58. The minimum Gasteiger partial charge on any atom is -0.379 e. The molecular formula is C14H22ClN5O. The molecule has 0 bridgehead atoms. The second kappa shape index (κ2) is 7.22. The highest BCUT2D eigenvalue weighted by atomic mass is 35.5. The Morgan fingerprint density at radius 3 is 2.71 bits per heavy atom. The Hall–Kier alpha value is -1.14. The molecule has 21 heavy (non-hydrogen) atoms. The van der Waals surface area contributed by atoms with Gasteiger partial charge in [-0.2, -0.15) is 15.0 Å². The number of piperidine rings is 1. The van der Waals surface area contributed by atoms with E-state index in [-0.39, 0.29) is 5.28 Å². The number of nitrogens with one attached hydrogen (secondary N) is 1. The van der Waals surface area contributed by atoms with E-state index in [0.717, 1.165) is 25.6 Å². The van der Waals surface area contributed by atoms with Crippen molar-refractivity contribution in [3.63, 3.8) is 0 Å². The second-order valence-electron chi connectivity index (χ2n) is 5.72. The Kier molecular flexibility index (Phi) is 5.08. The summed E-state index contributed by atoms with van der Waals surface area (Å²) in [6.07, 6.45) is 6.27. The van der Waals surface area contributed by atoms with Gasteiger partial charge in [0.2, 0.25) is 17.2 Å². The van der Waals surface area contributed by atoms with Gasteiger partial charge in [0.05, 0.1) is 6.61 Å². The average molecular weight is 312 g/mol. The van der Waals surface area contributed by atoms with Crippen LogP contribution in [-0.2, 0) is 4.74 Å². The number of rotatable bonds is 7. The van der Waals surface area contributed by atoms with E-state index in [4.69, 9.17) is 16.3 Å². The van der Waals surface area contributed by atoms with E-state index < -0.39 is 0 Å². The van der Waals surface area contributed by atoms with Crippen molar-refractivity contribution in [2.45, 2.75) is 32.1 Å². The lowest BCUT2D eigenvalue weighted by Gasteiger charge is -2.26. The fraction of sp³-hybridized carbons (Fsp3) is 0.786. The van der Waals surface area contributed by atoms with Gasteiger partial charge in [-0.1, -0.05) is 0 Å². The average Bonchev–Trinajstić information content (AvgIpc) is 3.31. The zero-order chi connectivity index (χ0) is 14.5. The number of anilines is 2. The summed E-state index contributed by atoms with van der Waals surface area (Å²) in [5.41, 5.74) is 0. The number of aromatic nitrogens is 3. The summed E-state index contributed by atoms with van der Waals surface area (Å²) in [7, 11) is 0. The second-order valence-corrected chi connectivity index (χ2v) is 6.06. The third-order valence-electron chi connectivity index (χ3n) is 3.82. The van der Waals surface area contributed by atoms with Crippen LogP contribution < -0.4 is 10.2 Å². The van der Waals surface area contributed by atoms with Gasteiger partial charge in [0.1, 0.15) is 0 Å². The Bertz CT molecular complexity index is 463. The molecule has 0 radical (unpaired) electrons. The lowest BCUT2D eigenvalue weighted by Crippen LogP contribution is -2.31. The number of halogens is 1. The number of ether oxygens (including phenoxy) is 1. The highest BCUT2D eigenvalue weighted by Crippen LogP contribution is 2.28. The van der Waals surface area contributed by atoms with Crippen molar-refractivity contribution < 1.29 is 4.74 Å². The van der Waals surface area contributed by atoms with Crippen LogP contribution in [0, 0.1) is 5.92 Å². The molecular weight excluding hydrogens is 290 g/mol. The molecule has 0 amide bonds. The molecule has 1 saturated carbocycles. The van der Waals surface area contributed by atoms with Gasteiger partial charge >= 0.3 is 0 Å². The first-order chi connectivity index (χ1) is 10.3. The quantitative estimate of drug-likeness (QED) is 0.780. The maximum absolute atomic E-state index is 6.00. The van der Waals surface area contributed by atoms with E-state index in [1.807, 2.05) is 0 Å². The predicted molar refractivity (Wildman–Crippen MR) is 82.9 cm³/mol. The summed E-state index contributed by atoms with van der Waals surface area (Å²) in [5, 5.41) is 3.40. The minimum absolute atomic E-state index is 0.243. The number of nitrogens with zero attached hydrogens (tertiary/aromatic N) is 4. The third kappa shape index (κ3) is 4.68. The van der Waals surface area contributed by atoms with Crippen molar-refractivity contribution in [3.8, 4) is 0 Å². The van der Waals surface area contributed by atoms with Crippen LogP contribution >= 0.6 is 11.6 Å². The zero-order valence-corrected chi connectivity index (χ0v) is 13.0. The van der Waals surface area contributed by atoms with Gasteiger partial charge in [0.15, 0.2) is 0 Å². The van der Waals surface area contributed by atoms with Crippen molar-refractivity contribution in [3.05, 3.63) is 5.28 Å². The van der Waals surface area contributed by atoms with Crippen LogP contribution in [0.1, 0.15) is 32.1 Å². The van der Waals surface area contributed by atoms with Crippen LogP contribution in [-0.4, -0.2) is 47.8 Å². The summed E-state index contributed by atoms with van der Waals surface area (Å²) in [6.45, 7) is 4.21. The molecule has 0 atom stereocenters. The van der Waals surface area contributed by atoms with E-state index in [0.29, 0.717) is 25.0 Å². The molecule has 0 aromatic carbocycles. The van der Waals surface area contributed by atoms with E-state index in [1.54, 1.807) is 0 Å². The molecule has 1 saturated heterocycles. The first-order valence-corrected chi connectivity index (χ1v) is 8.17. The lowest BCUT2D eigenvalue weighted by atomic mass is 10.1. The molecule has 1 aliphatic heterocycles. The Balaban J connectivity index is 1.50. The van der Waals surface area contributed by atoms with Gasteiger partial charge in [-0.3, -0.25) is 0 Å². The molecule has 2 aliphatic rings. The molecule has 1 aromatic rings. The molecule has 0 spiro atoms. The first-order valence-electron chi connectivity index (χ1n) is 7.79. The molecule has 6 nitrogen and oxygen atoms in total. The van der Waals surface area contributed by atoms with Gasteiger partial charge < -0.3 is 15.0 Å². The van der Waals surface area contributed by atoms with Crippen LogP contribution in [0.5, 0.6) is 0 Å². The summed E-state index contributed by atoms with van der Waals surface area (Å²) in [4.78, 5) is 15.0. The number of hydrogen-bond donors (Lipinski definition) is 1. The van der Waals surface area contributed by atoms with Crippen LogP contribution in [0.15, 0.2) is 0 Å². The maximum atomic E-state index is 6.00. The summed E-state index contributed by atoms with van der Waals surface area (Å²) >= 11 is 6.00. The van der Waals surface area contributed by atoms with E-state index >= 15 is 0 Å². The standard InChI is InChI=1S/C14H22ClN5O/c15-12-17-13(16-6-9-21-10-11-4-5-11)19-14(18-12)20-7-2-1-3-8-20/h11H,1-10H2,(H,16,17,18,19). The van der Waals surface area contributed by atoms with Crippen molar-refractivity contribution >= 4 is 23.5 Å². The molecule has 0 unspecified atom stereocenters. The van der Waals surface area contributed by atoms with Crippen LogP contribution in [0.2, 0.25) is 5.28 Å². The van der Waals surface area contributed by atoms with Crippen molar-refractivity contribution in [2.24, 2.45) is 5.92 Å². The van der Waals surface area contributed by atoms with E-state index in [1.165, 1.54) is 32.1 Å². The van der Waals surface area contributed by atoms with Crippen molar-refractivity contribution in [2.75, 3.05) is 43.1 Å². The van der Waals surface area contributed by atoms with Crippen LogP contribution in [0.4, 0.5) is 11.9 Å². The smallest absolute Gasteiger partial charge is 0.231 e. The van der Waals surface area contributed by atoms with Gasteiger partial charge in [0.25, 0.3) is 0 Å². The molecule has 2 heterocycles. The van der Waals surface area contributed by atoms with Crippen molar-refractivity contribution in [1.29, 1.82) is 0 Å². The maximum Gasteiger partial charge on any atom is 0.231 e. The van der Waals surface area contributed by atoms with Crippen LogP contribution in [0.25, 0.3) is 0 Å². The molecule has 1 aliphatic carbocycles. The lowest BCUT2D eigenvalue weighted by molar-refractivity contribution is 0.133. The normalized spacial score (nSPS) is 18.8. The highest BCUT2D eigenvalue weighted by molar-refractivity contribution is 6.28. The van der Waals surface area contributed by atoms with Gasteiger partial charge in [-0.05, 0) is 49.6 Å². The fourth-order valence-corrected chi connectivity index (χ4v) is 2.58. The topological polar surface area (TPSA) is 63.2 Å². The monoisotopic (exact) mass is 311 g/mol. The summed E-state index contributed by atoms with van der Waals surface area (Å²) in [6, 6.07) is 0. The third-order valence-corrected chi connectivity index (χ3v) is 3.98. The van der Waals surface area contributed by atoms with Gasteiger partial charge in [-0.25, -0.2) is 0 Å². The van der Waals surface area contributed by atoms with E-state index in [2.05, 4.69) is 25.2 Å². The fourth-order valence-electron chi connectivity index (χ4n) is 2.42. The van der Waals surface area contributed by atoms with Gasteiger partial charge in [0, 0.05) is 26.2 Å². The Labute approximate surface area is 130 Å². The first kappa shape index (κ1) is 14.8. The summed E-state index contributed by atoms with van der Waals surface area (Å²) in [5.74, 6) is 2.00. The Morgan fingerprint density at radius 2 is 1.95 bits per heavy atom. The van der Waals surface area contributed by atoms with E-state index in [9.17, 15) is 0 Å². The number of hydrogen-bond acceptors (Lipinski definition) is 6. The molecule has 1 N–H and O–H groups in total. The highest BCUT2D eigenvalue weighted by Gasteiger charge is 2.21. The largest absolute Gasteiger partial charge is 0.379 e. The Morgan fingerprint density at radius 1 is 1.14 bits per heavy atom. The molecule has 2 fully saturated rings. The zero-order valence-electron chi connectivity index (χ0n) is 12.2. The molecule has 116 valence electrons. The van der Waals surface area contributed by atoms with Gasteiger partial charge in [-0.15, -0.1) is 0 Å². The van der Waals surface area contributed by atoms with Crippen molar-refractivity contribution in [1.82, 2.24) is 15.0 Å². The SMILES string of the molecule is Clc1nc(NCCOCC2CC2)nc(N2CCCCC2)n1. The minimum atomic E-state index is 0.243. The van der Waals surface area contributed by atoms with Crippen LogP contribution in [0.3, 0.4) is 0 Å².